The number of hydrogen-bond donors (Lipinski definition) is 1. The number of hydrogen-bond acceptors (Lipinski definition) is 1. The molecule has 0 spiro atoms. The number of quaternary nitrogens is 1. The molecule has 0 bridgehead atoms. The summed E-state index contributed by atoms with van der Waals surface area (Å²) < 4.78 is 5.26. The molecule has 0 aliphatic carbocycles. The van der Waals surface area contributed by atoms with E-state index in [4.69, 9.17) is 4.74 Å². The van der Waals surface area contributed by atoms with Crippen molar-refractivity contribution in [1.82, 2.24) is 0 Å². The number of rotatable bonds is 8. The van der Waals surface area contributed by atoms with E-state index < -0.39 is 0 Å². The molecule has 2 atom stereocenters. The Balaban J connectivity index is 1.92. The fourth-order valence-corrected chi connectivity index (χ4v) is 3.15. The Bertz CT molecular complexity index is 562. The van der Waals surface area contributed by atoms with Gasteiger partial charge in [0.25, 0.3) is 0 Å². The molecule has 0 aliphatic rings. The molecular weight excluding hydrogens is 282 g/mol. The van der Waals surface area contributed by atoms with Crippen molar-refractivity contribution in [2.75, 3.05) is 13.7 Å². The molecule has 0 unspecified atom stereocenters. The first-order chi connectivity index (χ1) is 11.1. The average Bonchev–Trinajstić information content (AvgIpc) is 2.59. The molecule has 124 valence electrons. The zero-order valence-electron chi connectivity index (χ0n) is 14.8. The second-order valence-electron chi connectivity index (χ2n) is 6.64. The molecule has 2 heteroatoms. The van der Waals surface area contributed by atoms with E-state index in [1.54, 1.807) is 7.11 Å². The van der Waals surface area contributed by atoms with Crippen LogP contribution in [0.25, 0.3) is 0 Å². The van der Waals surface area contributed by atoms with Crippen molar-refractivity contribution in [3.63, 3.8) is 0 Å². The van der Waals surface area contributed by atoms with Gasteiger partial charge in [0, 0.05) is 12.0 Å². The molecule has 2 aromatic carbocycles. The third-order valence-corrected chi connectivity index (χ3v) is 4.67. The van der Waals surface area contributed by atoms with Crippen molar-refractivity contribution in [1.29, 1.82) is 0 Å². The van der Waals surface area contributed by atoms with E-state index in [9.17, 15) is 0 Å². The van der Waals surface area contributed by atoms with E-state index in [1.165, 1.54) is 17.5 Å². The summed E-state index contributed by atoms with van der Waals surface area (Å²) in [5.41, 5.74) is 2.82. The monoisotopic (exact) mass is 312 g/mol. The number of nitrogens with two attached hydrogens (primary N) is 1. The van der Waals surface area contributed by atoms with Crippen molar-refractivity contribution < 1.29 is 10.1 Å². The highest BCUT2D eigenvalue weighted by molar-refractivity contribution is 5.29. The molecule has 0 amide bonds. The van der Waals surface area contributed by atoms with Gasteiger partial charge in [0.05, 0.1) is 13.7 Å². The minimum absolute atomic E-state index is 0.514. The molecule has 0 saturated carbocycles. The first-order valence-corrected chi connectivity index (χ1v) is 8.64. The van der Waals surface area contributed by atoms with Gasteiger partial charge in [-0.25, -0.2) is 0 Å². The van der Waals surface area contributed by atoms with Crippen LogP contribution in [0.3, 0.4) is 0 Å². The molecule has 0 radical (unpaired) electrons. The largest absolute Gasteiger partial charge is 0.497 e. The Kier molecular flexibility index (Phi) is 6.66. The van der Waals surface area contributed by atoms with Crippen molar-refractivity contribution in [2.45, 2.75) is 39.2 Å². The first kappa shape index (κ1) is 17.6. The summed E-state index contributed by atoms with van der Waals surface area (Å²) >= 11 is 0. The zero-order chi connectivity index (χ0) is 16.7. The number of benzene rings is 2. The quantitative estimate of drug-likeness (QED) is 0.778. The van der Waals surface area contributed by atoms with Crippen LogP contribution in [-0.2, 0) is 0 Å². The van der Waals surface area contributed by atoms with Gasteiger partial charge in [0.15, 0.2) is 0 Å². The van der Waals surface area contributed by atoms with Gasteiger partial charge >= 0.3 is 0 Å². The SMILES string of the molecule is COc1ccc([C@H](CC[NH2+][C@@H](C)c2ccccc2)C(C)C)cc1. The first-order valence-electron chi connectivity index (χ1n) is 8.64. The Morgan fingerprint density at radius 3 is 2.09 bits per heavy atom. The smallest absolute Gasteiger partial charge is 0.118 e. The molecular formula is C21H30NO+. The number of ether oxygens (including phenoxy) is 1. The van der Waals surface area contributed by atoms with Gasteiger partial charge in [-0.3, -0.25) is 0 Å². The summed E-state index contributed by atoms with van der Waals surface area (Å²) in [5.74, 6) is 2.17. The molecule has 0 fully saturated rings. The van der Waals surface area contributed by atoms with E-state index in [2.05, 4.69) is 80.7 Å². The standard InChI is InChI=1S/C21H29NO/c1-16(2)21(19-10-12-20(23-4)13-11-19)14-15-22-17(3)18-8-6-5-7-9-18/h5-13,16-17,21-22H,14-15H2,1-4H3/p+1/t17-,21+/m0/s1. The summed E-state index contributed by atoms with van der Waals surface area (Å²) in [6, 6.07) is 19.8. The fourth-order valence-electron chi connectivity index (χ4n) is 3.15. The van der Waals surface area contributed by atoms with E-state index in [0.29, 0.717) is 17.9 Å². The van der Waals surface area contributed by atoms with Crippen LogP contribution < -0.4 is 10.1 Å². The molecule has 0 heterocycles. The summed E-state index contributed by atoms with van der Waals surface area (Å²) in [5, 5.41) is 2.45. The van der Waals surface area contributed by atoms with Crippen LogP contribution in [0.5, 0.6) is 5.75 Å². The second kappa shape index (κ2) is 8.73. The maximum atomic E-state index is 5.26. The fraction of sp³-hybridized carbons (Fsp3) is 0.429. The highest BCUT2D eigenvalue weighted by atomic mass is 16.5. The van der Waals surface area contributed by atoms with E-state index in [-0.39, 0.29) is 0 Å². The van der Waals surface area contributed by atoms with Crippen LogP contribution >= 0.6 is 0 Å². The highest BCUT2D eigenvalue weighted by Crippen LogP contribution is 2.28. The lowest BCUT2D eigenvalue weighted by molar-refractivity contribution is -0.693. The van der Waals surface area contributed by atoms with Gasteiger partial charge in [-0.1, -0.05) is 56.3 Å². The van der Waals surface area contributed by atoms with Crippen LogP contribution in [0.15, 0.2) is 54.6 Å². The van der Waals surface area contributed by atoms with Crippen LogP contribution in [-0.4, -0.2) is 13.7 Å². The summed E-state index contributed by atoms with van der Waals surface area (Å²) in [6.07, 6.45) is 1.20. The summed E-state index contributed by atoms with van der Waals surface area (Å²) in [7, 11) is 1.72. The van der Waals surface area contributed by atoms with Gasteiger partial charge in [0.1, 0.15) is 11.8 Å². The van der Waals surface area contributed by atoms with E-state index in [0.717, 1.165) is 12.3 Å². The highest BCUT2D eigenvalue weighted by Gasteiger charge is 2.17. The number of methoxy groups -OCH3 is 1. The van der Waals surface area contributed by atoms with Crippen LogP contribution in [0.4, 0.5) is 0 Å². The maximum Gasteiger partial charge on any atom is 0.118 e. The molecule has 2 rings (SSSR count). The molecule has 0 saturated heterocycles. The lowest BCUT2D eigenvalue weighted by Gasteiger charge is -2.22. The Morgan fingerprint density at radius 2 is 1.52 bits per heavy atom. The Labute approximate surface area is 140 Å². The van der Waals surface area contributed by atoms with Crippen molar-refractivity contribution >= 4 is 0 Å². The summed E-state index contributed by atoms with van der Waals surface area (Å²) in [6.45, 7) is 8.06. The van der Waals surface area contributed by atoms with Gasteiger partial charge in [-0.05, 0) is 36.5 Å². The molecule has 0 aliphatic heterocycles. The molecule has 2 aromatic rings. The third kappa shape index (κ3) is 5.11. The van der Waals surface area contributed by atoms with Crippen molar-refractivity contribution in [3.05, 3.63) is 65.7 Å². The van der Waals surface area contributed by atoms with E-state index >= 15 is 0 Å². The average molecular weight is 312 g/mol. The van der Waals surface area contributed by atoms with Crippen LogP contribution in [0, 0.1) is 5.92 Å². The normalized spacial score (nSPS) is 13.8. The molecule has 2 N–H and O–H groups in total. The van der Waals surface area contributed by atoms with E-state index in [1.807, 2.05) is 0 Å². The lowest BCUT2D eigenvalue weighted by Crippen LogP contribution is -2.84. The zero-order valence-corrected chi connectivity index (χ0v) is 14.8. The van der Waals surface area contributed by atoms with Gasteiger partial charge < -0.3 is 10.1 Å². The third-order valence-electron chi connectivity index (χ3n) is 4.67. The molecule has 2 nitrogen and oxygen atoms in total. The van der Waals surface area contributed by atoms with Crippen molar-refractivity contribution in [2.24, 2.45) is 5.92 Å². The Hall–Kier alpha value is -1.80. The van der Waals surface area contributed by atoms with Gasteiger partial charge in [-0.15, -0.1) is 0 Å². The molecule has 23 heavy (non-hydrogen) atoms. The Morgan fingerprint density at radius 1 is 0.870 bits per heavy atom. The van der Waals surface area contributed by atoms with Gasteiger partial charge in [-0.2, -0.15) is 0 Å². The second-order valence-corrected chi connectivity index (χ2v) is 6.64. The van der Waals surface area contributed by atoms with Crippen LogP contribution in [0.1, 0.15) is 50.3 Å². The predicted molar refractivity (Wildman–Crippen MR) is 96.8 cm³/mol. The van der Waals surface area contributed by atoms with Crippen LogP contribution in [0.2, 0.25) is 0 Å². The minimum Gasteiger partial charge on any atom is -0.497 e. The summed E-state index contributed by atoms with van der Waals surface area (Å²) in [4.78, 5) is 0. The molecule has 0 aromatic heterocycles. The van der Waals surface area contributed by atoms with Crippen molar-refractivity contribution in [3.8, 4) is 5.75 Å². The minimum atomic E-state index is 0.514. The topological polar surface area (TPSA) is 25.8 Å². The predicted octanol–water partition coefficient (Wildman–Crippen LogP) is 4.15. The maximum absolute atomic E-state index is 5.26. The lowest BCUT2D eigenvalue weighted by atomic mass is 9.85. The van der Waals surface area contributed by atoms with Gasteiger partial charge in [0.2, 0.25) is 0 Å².